The second-order valence-electron chi connectivity index (χ2n) is 7.53. The molecule has 1 N–H and O–H groups in total. The molecule has 3 heterocycles. The minimum Gasteiger partial charge on any atom is -0.342 e. The van der Waals surface area contributed by atoms with Crippen LogP contribution in [-0.4, -0.2) is 60.3 Å². The van der Waals surface area contributed by atoms with E-state index in [-0.39, 0.29) is 28.7 Å². The molecule has 1 amide bonds. The van der Waals surface area contributed by atoms with Crippen molar-refractivity contribution in [3.05, 3.63) is 29.8 Å². The van der Waals surface area contributed by atoms with Gasteiger partial charge < -0.3 is 10.2 Å². The van der Waals surface area contributed by atoms with E-state index in [9.17, 15) is 13.2 Å². The van der Waals surface area contributed by atoms with E-state index in [1.54, 1.807) is 0 Å². The van der Waals surface area contributed by atoms with Gasteiger partial charge in [0.1, 0.15) is 0 Å². The van der Waals surface area contributed by atoms with Crippen LogP contribution in [0.5, 0.6) is 0 Å². The minimum absolute atomic E-state index is 0.0445. The smallest absolute Gasteiger partial charge is 0.226 e. The summed E-state index contributed by atoms with van der Waals surface area (Å²) in [4.78, 5) is 19.0. The molecule has 1 aromatic rings. The van der Waals surface area contributed by atoms with Crippen LogP contribution in [0.4, 0.5) is 5.69 Å². The highest BCUT2D eigenvalue weighted by Crippen LogP contribution is 2.34. The van der Waals surface area contributed by atoms with Gasteiger partial charge in [0.25, 0.3) is 0 Å². The van der Waals surface area contributed by atoms with E-state index in [0.29, 0.717) is 6.42 Å². The molecular weight excluding hydrogens is 382 g/mol. The molecule has 27 heavy (non-hydrogen) atoms. The van der Waals surface area contributed by atoms with Gasteiger partial charge >= 0.3 is 0 Å². The van der Waals surface area contributed by atoms with Crippen molar-refractivity contribution in [1.82, 2.24) is 4.90 Å². The fraction of sp³-hybridized carbons (Fsp3) is 0.579. The lowest BCUT2D eigenvalue weighted by molar-refractivity contribution is -0.130. The molecule has 8 heteroatoms. The molecule has 2 unspecified atom stereocenters. The van der Waals surface area contributed by atoms with Crippen LogP contribution in [-0.2, 0) is 21.1 Å². The molecule has 0 bridgehead atoms. The predicted octanol–water partition coefficient (Wildman–Crippen LogP) is 2.31. The van der Waals surface area contributed by atoms with Gasteiger partial charge in [0.2, 0.25) is 5.91 Å². The zero-order valence-corrected chi connectivity index (χ0v) is 16.9. The van der Waals surface area contributed by atoms with Crippen molar-refractivity contribution < 1.29 is 13.2 Å². The summed E-state index contributed by atoms with van der Waals surface area (Å²) in [5.74, 6) is 0.587. The average Bonchev–Trinajstić information content (AvgIpc) is 2.97. The van der Waals surface area contributed by atoms with Gasteiger partial charge in [-0.2, -0.15) is 0 Å². The molecule has 0 aliphatic carbocycles. The summed E-state index contributed by atoms with van der Waals surface area (Å²) in [6, 6.07) is 7.75. The first-order valence-corrected chi connectivity index (χ1v) is 12.3. The van der Waals surface area contributed by atoms with Gasteiger partial charge in [-0.1, -0.05) is 36.7 Å². The Labute approximate surface area is 164 Å². The lowest BCUT2D eigenvalue weighted by Crippen LogP contribution is -2.33. The Kier molecular flexibility index (Phi) is 5.45. The minimum atomic E-state index is -2.92. The predicted molar refractivity (Wildman–Crippen MR) is 110 cm³/mol. The number of hydrogen-bond donors (Lipinski definition) is 1. The molecule has 0 spiro atoms. The first kappa shape index (κ1) is 18.8. The highest BCUT2D eigenvalue weighted by atomic mass is 32.2. The number of hydrogen-bond acceptors (Lipinski definition) is 6. The molecule has 146 valence electrons. The summed E-state index contributed by atoms with van der Waals surface area (Å²) >= 11 is 1.51. The molecular formula is C19H25N3O3S2. The Hall–Kier alpha value is -1.54. The number of amidine groups is 1. The zero-order valence-electron chi connectivity index (χ0n) is 15.3. The second kappa shape index (κ2) is 7.83. The molecule has 6 nitrogen and oxygen atoms in total. The number of amides is 1. The van der Waals surface area contributed by atoms with Crippen LogP contribution in [0.2, 0.25) is 0 Å². The largest absolute Gasteiger partial charge is 0.342 e. The molecule has 0 aromatic heterocycles. The molecule has 4 rings (SSSR count). The van der Waals surface area contributed by atoms with Crippen LogP contribution >= 0.6 is 11.8 Å². The molecule has 0 saturated carbocycles. The summed E-state index contributed by atoms with van der Waals surface area (Å²) in [6.07, 6.45) is 5.10. The summed E-state index contributed by atoms with van der Waals surface area (Å²) in [7, 11) is -2.92. The number of aliphatic imine (C=N–C) groups is 1. The number of anilines is 1. The molecule has 2 saturated heterocycles. The summed E-state index contributed by atoms with van der Waals surface area (Å²) in [5.41, 5.74) is 1.92. The van der Waals surface area contributed by atoms with Gasteiger partial charge in [-0.25, -0.2) is 8.42 Å². The second-order valence-corrected chi connectivity index (χ2v) is 10.9. The maximum atomic E-state index is 12.5. The van der Waals surface area contributed by atoms with Crippen molar-refractivity contribution in [2.24, 2.45) is 4.99 Å². The molecule has 3 aliphatic heterocycles. The van der Waals surface area contributed by atoms with Crippen LogP contribution in [0.3, 0.4) is 0 Å². The summed E-state index contributed by atoms with van der Waals surface area (Å²) < 4.78 is 23.3. The lowest BCUT2D eigenvalue weighted by Gasteiger charge is -2.20. The van der Waals surface area contributed by atoms with Crippen LogP contribution in [0.1, 0.15) is 31.2 Å². The van der Waals surface area contributed by atoms with Crippen molar-refractivity contribution >= 4 is 38.4 Å². The Balaban J connectivity index is 1.32. The number of nitrogens with zero attached hydrogens (tertiary/aromatic N) is 2. The Bertz CT molecular complexity index is 828. The van der Waals surface area contributed by atoms with Crippen molar-refractivity contribution in [3.8, 4) is 0 Å². The van der Waals surface area contributed by atoms with Crippen molar-refractivity contribution in [2.45, 2.75) is 43.4 Å². The van der Waals surface area contributed by atoms with E-state index in [4.69, 9.17) is 0 Å². The van der Waals surface area contributed by atoms with E-state index in [0.717, 1.165) is 42.3 Å². The van der Waals surface area contributed by atoms with Crippen LogP contribution in [0, 0.1) is 0 Å². The highest BCUT2D eigenvalue weighted by molar-refractivity contribution is 8.15. The number of nitrogens with one attached hydrogen (secondary N) is 1. The quantitative estimate of drug-likeness (QED) is 0.832. The number of sulfone groups is 1. The van der Waals surface area contributed by atoms with Crippen LogP contribution in [0.15, 0.2) is 29.3 Å². The van der Waals surface area contributed by atoms with Gasteiger partial charge in [-0.15, -0.1) is 0 Å². The number of carbonyl (C=O) groups is 1. The maximum absolute atomic E-state index is 12.5. The van der Waals surface area contributed by atoms with Gasteiger partial charge in [0.15, 0.2) is 15.0 Å². The molecule has 2 atom stereocenters. The number of rotatable bonds is 3. The van der Waals surface area contributed by atoms with Crippen LogP contribution in [0.25, 0.3) is 0 Å². The topological polar surface area (TPSA) is 78.8 Å². The van der Waals surface area contributed by atoms with Crippen molar-refractivity contribution in [2.75, 3.05) is 29.9 Å². The fourth-order valence-electron chi connectivity index (χ4n) is 3.85. The standard InChI is InChI=1S/C19H25N3O3S2/c23-18(22-9-3-1-2-4-10-22)11-14-5-7-15(8-6-14)20-19-21-16-12-27(24,25)13-17(16)26-19/h5-8,16-17H,1-4,9-13H2,(H,20,21). The van der Waals surface area contributed by atoms with Gasteiger partial charge in [0, 0.05) is 24.0 Å². The van der Waals surface area contributed by atoms with E-state index in [1.165, 1.54) is 24.6 Å². The Morgan fingerprint density at radius 2 is 1.81 bits per heavy atom. The highest BCUT2D eigenvalue weighted by Gasteiger charge is 2.42. The average molecular weight is 408 g/mol. The SMILES string of the molecule is O=C(Cc1ccc(NC2=NC3CS(=O)(=O)CC3S2)cc1)N1CCCCCC1. The number of carbonyl (C=O) groups excluding carboxylic acids is 1. The Morgan fingerprint density at radius 3 is 2.48 bits per heavy atom. The maximum Gasteiger partial charge on any atom is 0.226 e. The summed E-state index contributed by atoms with van der Waals surface area (Å²) in [5, 5.41) is 4.10. The lowest BCUT2D eigenvalue weighted by atomic mass is 10.1. The first-order valence-electron chi connectivity index (χ1n) is 9.57. The Morgan fingerprint density at radius 1 is 1.11 bits per heavy atom. The third kappa shape index (κ3) is 4.66. The van der Waals surface area contributed by atoms with Gasteiger partial charge in [-0.3, -0.25) is 9.79 Å². The molecule has 0 radical (unpaired) electrons. The van der Waals surface area contributed by atoms with Crippen LogP contribution < -0.4 is 5.32 Å². The zero-order chi connectivity index (χ0) is 18.9. The normalized spacial score (nSPS) is 27.0. The van der Waals surface area contributed by atoms with E-state index >= 15 is 0 Å². The van der Waals surface area contributed by atoms with Gasteiger partial charge in [-0.05, 0) is 30.5 Å². The number of benzene rings is 1. The number of likely N-dealkylation sites (tertiary alicyclic amines) is 1. The fourth-order valence-corrected chi connectivity index (χ4v) is 7.53. The summed E-state index contributed by atoms with van der Waals surface area (Å²) in [6.45, 7) is 1.77. The van der Waals surface area contributed by atoms with E-state index in [1.807, 2.05) is 29.2 Å². The van der Waals surface area contributed by atoms with Crippen molar-refractivity contribution in [1.29, 1.82) is 0 Å². The monoisotopic (exact) mass is 407 g/mol. The third-order valence-corrected chi connectivity index (χ3v) is 8.48. The number of thioether (sulfide) groups is 1. The van der Waals surface area contributed by atoms with Crippen molar-refractivity contribution in [3.63, 3.8) is 0 Å². The molecule has 3 aliphatic rings. The molecule has 2 fully saturated rings. The van der Waals surface area contributed by atoms with Gasteiger partial charge in [0.05, 0.1) is 24.0 Å². The number of fused-ring (bicyclic) bond motifs is 1. The van der Waals surface area contributed by atoms with E-state index < -0.39 is 9.84 Å². The third-order valence-electron chi connectivity index (χ3n) is 5.34. The first-order chi connectivity index (χ1) is 13.0. The van der Waals surface area contributed by atoms with E-state index in [2.05, 4.69) is 10.3 Å². The molecule has 1 aromatic carbocycles.